The Morgan fingerprint density at radius 1 is 1.52 bits per heavy atom. The van der Waals surface area contributed by atoms with Crippen molar-refractivity contribution in [3.05, 3.63) is 24.3 Å². The second-order valence-electron chi connectivity index (χ2n) is 5.41. The molecular weight excluding hydrogens is 296 g/mol. The molecule has 8 nitrogen and oxygen atoms in total. The Hall–Kier alpha value is -2.53. The van der Waals surface area contributed by atoms with Crippen LogP contribution in [-0.4, -0.2) is 51.9 Å². The van der Waals surface area contributed by atoms with Crippen molar-refractivity contribution in [1.82, 2.24) is 20.2 Å². The van der Waals surface area contributed by atoms with Gasteiger partial charge in [0.1, 0.15) is 11.7 Å². The van der Waals surface area contributed by atoms with Crippen LogP contribution in [0.2, 0.25) is 0 Å². The van der Waals surface area contributed by atoms with Gasteiger partial charge in [0.05, 0.1) is 18.3 Å². The number of nitriles is 1. The molecule has 1 aliphatic rings. The molecule has 1 aliphatic heterocycles. The van der Waals surface area contributed by atoms with Crippen LogP contribution in [0.25, 0.3) is 0 Å². The minimum atomic E-state index is -0.641. The highest BCUT2D eigenvalue weighted by Crippen LogP contribution is 2.17. The van der Waals surface area contributed by atoms with Gasteiger partial charge in [0, 0.05) is 25.5 Å². The molecule has 0 spiro atoms. The number of hydrogen-bond donors (Lipinski definition) is 2. The van der Waals surface area contributed by atoms with E-state index in [0.717, 1.165) is 6.42 Å². The first kappa shape index (κ1) is 16.8. The molecule has 0 radical (unpaired) electrons. The van der Waals surface area contributed by atoms with Gasteiger partial charge in [-0.15, -0.1) is 0 Å². The van der Waals surface area contributed by atoms with Gasteiger partial charge in [-0.2, -0.15) is 5.26 Å². The van der Waals surface area contributed by atoms with Crippen molar-refractivity contribution in [1.29, 1.82) is 5.26 Å². The number of nitrogens with one attached hydrogen (secondary N) is 1. The van der Waals surface area contributed by atoms with Crippen molar-refractivity contribution >= 4 is 11.8 Å². The van der Waals surface area contributed by atoms with Crippen molar-refractivity contribution in [2.24, 2.45) is 5.73 Å². The van der Waals surface area contributed by atoms with Gasteiger partial charge < -0.3 is 16.0 Å². The fourth-order valence-corrected chi connectivity index (χ4v) is 2.53. The Kier molecular flexibility index (Phi) is 6.00. The summed E-state index contributed by atoms with van der Waals surface area (Å²) in [6.45, 7) is 0.992. The average Bonchev–Trinajstić information content (AvgIpc) is 3.07. The van der Waals surface area contributed by atoms with Gasteiger partial charge >= 0.3 is 0 Å². The molecule has 3 N–H and O–H groups in total. The van der Waals surface area contributed by atoms with Gasteiger partial charge in [0.25, 0.3) is 5.91 Å². The monoisotopic (exact) mass is 316 g/mol. The molecule has 2 amide bonds. The number of nitrogens with two attached hydrogens (primary N) is 1. The Balaban J connectivity index is 1.71. The third-order valence-corrected chi connectivity index (χ3v) is 3.78. The van der Waals surface area contributed by atoms with Crippen LogP contribution in [0.5, 0.6) is 0 Å². The van der Waals surface area contributed by atoms with Crippen LogP contribution < -0.4 is 11.1 Å². The van der Waals surface area contributed by atoms with Crippen LogP contribution in [0.4, 0.5) is 0 Å². The molecule has 0 aromatic carbocycles. The van der Waals surface area contributed by atoms with Gasteiger partial charge in [-0.05, 0) is 25.7 Å². The second kappa shape index (κ2) is 8.19. The van der Waals surface area contributed by atoms with Crippen LogP contribution in [0, 0.1) is 11.3 Å². The predicted octanol–water partition coefficient (Wildman–Crippen LogP) is -0.172. The number of aromatic nitrogens is 2. The predicted molar refractivity (Wildman–Crippen MR) is 81.9 cm³/mol. The van der Waals surface area contributed by atoms with E-state index in [1.807, 2.05) is 0 Å². The van der Waals surface area contributed by atoms with Crippen molar-refractivity contribution < 1.29 is 9.59 Å². The summed E-state index contributed by atoms with van der Waals surface area (Å²) in [5, 5.41) is 11.7. The number of likely N-dealkylation sites (tertiary alicyclic amines) is 1. The fraction of sp³-hybridized carbons (Fsp3) is 0.533. The van der Waals surface area contributed by atoms with Crippen LogP contribution >= 0.6 is 0 Å². The Bertz CT molecular complexity index is 585. The molecule has 122 valence electrons. The number of amides is 2. The summed E-state index contributed by atoms with van der Waals surface area (Å²) in [5.74, 6) is -0.489. The summed E-state index contributed by atoms with van der Waals surface area (Å²) in [7, 11) is 0. The minimum absolute atomic E-state index is 0.186. The summed E-state index contributed by atoms with van der Waals surface area (Å²) in [6.07, 6.45) is 6.91. The third kappa shape index (κ3) is 4.47. The summed E-state index contributed by atoms with van der Waals surface area (Å²) < 4.78 is 0. The maximum atomic E-state index is 12.2. The second-order valence-corrected chi connectivity index (χ2v) is 5.41. The molecule has 0 aliphatic carbocycles. The lowest BCUT2D eigenvalue weighted by Crippen LogP contribution is -2.45. The van der Waals surface area contributed by atoms with E-state index in [-0.39, 0.29) is 23.6 Å². The standard InChI is InChI=1S/C15H20N6O2/c16-9-11-3-2-8-21(11)15(23)12(17)4-1-5-20-14(22)13-10-18-6-7-19-13/h6-7,10-12H,1-5,8,17H2,(H,20,22). The average molecular weight is 316 g/mol. The highest BCUT2D eigenvalue weighted by Gasteiger charge is 2.31. The smallest absolute Gasteiger partial charge is 0.271 e. The SMILES string of the molecule is N#CC1CCCN1C(=O)C(N)CCCNC(=O)c1cnccn1. The van der Waals surface area contributed by atoms with E-state index < -0.39 is 6.04 Å². The van der Waals surface area contributed by atoms with Crippen molar-refractivity contribution in [3.8, 4) is 6.07 Å². The first-order chi connectivity index (χ1) is 11.1. The van der Waals surface area contributed by atoms with Crippen LogP contribution in [0.1, 0.15) is 36.2 Å². The summed E-state index contributed by atoms with van der Waals surface area (Å²) in [4.78, 5) is 33.2. The maximum Gasteiger partial charge on any atom is 0.271 e. The summed E-state index contributed by atoms with van der Waals surface area (Å²) >= 11 is 0. The number of nitrogens with zero attached hydrogens (tertiary/aromatic N) is 4. The highest BCUT2D eigenvalue weighted by atomic mass is 16.2. The quantitative estimate of drug-likeness (QED) is 0.702. The molecule has 1 aromatic rings. The van der Waals surface area contributed by atoms with E-state index in [9.17, 15) is 9.59 Å². The summed E-state index contributed by atoms with van der Waals surface area (Å²) in [6, 6.07) is 1.13. The Morgan fingerprint density at radius 3 is 3.04 bits per heavy atom. The van der Waals surface area contributed by atoms with Gasteiger partial charge in [0.15, 0.2) is 0 Å². The van der Waals surface area contributed by atoms with Gasteiger partial charge in [0.2, 0.25) is 5.91 Å². The zero-order chi connectivity index (χ0) is 16.7. The molecule has 23 heavy (non-hydrogen) atoms. The molecule has 2 atom stereocenters. The van der Waals surface area contributed by atoms with E-state index in [0.29, 0.717) is 32.4 Å². The van der Waals surface area contributed by atoms with Crippen molar-refractivity contribution in [3.63, 3.8) is 0 Å². The molecule has 1 fully saturated rings. The first-order valence-electron chi connectivity index (χ1n) is 7.63. The first-order valence-corrected chi connectivity index (χ1v) is 7.63. The van der Waals surface area contributed by atoms with Crippen LogP contribution in [-0.2, 0) is 4.79 Å². The Labute approximate surface area is 134 Å². The normalized spacial score (nSPS) is 18.3. The Morgan fingerprint density at radius 2 is 2.35 bits per heavy atom. The van der Waals surface area contributed by atoms with E-state index in [4.69, 9.17) is 11.0 Å². The van der Waals surface area contributed by atoms with E-state index in [1.54, 1.807) is 4.90 Å². The molecule has 2 unspecified atom stereocenters. The maximum absolute atomic E-state index is 12.2. The van der Waals surface area contributed by atoms with Crippen molar-refractivity contribution in [2.45, 2.75) is 37.8 Å². The van der Waals surface area contributed by atoms with Gasteiger partial charge in [-0.3, -0.25) is 14.6 Å². The van der Waals surface area contributed by atoms with E-state index in [2.05, 4.69) is 21.4 Å². The van der Waals surface area contributed by atoms with Crippen molar-refractivity contribution in [2.75, 3.05) is 13.1 Å². The lowest BCUT2D eigenvalue weighted by Gasteiger charge is -2.23. The number of rotatable bonds is 6. The molecule has 8 heteroatoms. The molecule has 1 aromatic heterocycles. The largest absolute Gasteiger partial charge is 0.351 e. The zero-order valence-electron chi connectivity index (χ0n) is 12.8. The molecule has 0 saturated carbocycles. The molecular formula is C15H20N6O2. The third-order valence-electron chi connectivity index (χ3n) is 3.78. The van der Waals surface area contributed by atoms with Crippen LogP contribution in [0.3, 0.4) is 0 Å². The van der Waals surface area contributed by atoms with E-state index >= 15 is 0 Å². The minimum Gasteiger partial charge on any atom is -0.351 e. The van der Waals surface area contributed by atoms with Gasteiger partial charge in [-0.1, -0.05) is 0 Å². The molecule has 1 saturated heterocycles. The lowest BCUT2D eigenvalue weighted by molar-refractivity contribution is -0.132. The highest BCUT2D eigenvalue weighted by molar-refractivity contribution is 5.91. The fourth-order valence-electron chi connectivity index (χ4n) is 2.53. The molecule has 2 rings (SSSR count). The topological polar surface area (TPSA) is 125 Å². The number of carbonyl (C=O) groups is 2. The lowest BCUT2D eigenvalue weighted by atomic mass is 10.1. The number of hydrogen-bond acceptors (Lipinski definition) is 6. The molecule has 2 heterocycles. The van der Waals surface area contributed by atoms with Gasteiger partial charge in [-0.25, -0.2) is 4.98 Å². The van der Waals surface area contributed by atoms with E-state index in [1.165, 1.54) is 18.6 Å². The summed E-state index contributed by atoms with van der Waals surface area (Å²) in [5.41, 5.74) is 6.16. The van der Waals surface area contributed by atoms with Crippen LogP contribution in [0.15, 0.2) is 18.6 Å². The molecule has 0 bridgehead atoms. The number of carbonyl (C=O) groups excluding carboxylic acids is 2. The zero-order valence-corrected chi connectivity index (χ0v) is 12.8.